The molecule has 0 radical (unpaired) electrons. The molecule has 0 aromatic rings. The van der Waals surface area contributed by atoms with Crippen molar-refractivity contribution in [1.29, 1.82) is 0 Å². The second-order valence-corrected chi connectivity index (χ2v) is 4.69. The Kier molecular flexibility index (Phi) is 2.20. The Hall–Kier alpha value is -0.330. The van der Waals surface area contributed by atoms with Gasteiger partial charge in [0.25, 0.3) is 0 Å². The van der Waals surface area contributed by atoms with Crippen LogP contribution in [0, 0.1) is 17.8 Å². The van der Waals surface area contributed by atoms with Crippen molar-refractivity contribution in [3.05, 3.63) is 0 Å². The van der Waals surface area contributed by atoms with Crippen molar-refractivity contribution in [3.8, 4) is 0 Å². The fourth-order valence-electron chi connectivity index (χ4n) is 2.66. The molecule has 0 unspecified atom stereocenters. The third kappa shape index (κ3) is 1.55. The molecule has 2 saturated carbocycles. The van der Waals surface area contributed by atoms with Crippen LogP contribution in [0.5, 0.6) is 0 Å². The molecular weight excluding hydrogens is 148 g/mol. The van der Waals surface area contributed by atoms with Crippen LogP contribution in [0.4, 0.5) is 0 Å². The molecule has 0 aromatic heterocycles. The van der Waals surface area contributed by atoms with Gasteiger partial charge < -0.3 is 4.79 Å². The maximum absolute atomic E-state index is 10.8. The molecule has 0 heterocycles. The Balaban J connectivity index is 1.66. The third-order valence-corrected chi connectivity index (χ3v) is 3.66. The highest BCUT2D eigenvalue weighted by Crippen LogP contribution is 2.47. The molecule has 2 rings (SSSR count). The maximum Gasteiger partial charge on any atom is 0.130 e. The molecule has 0 atom stereocenters. The predicted octanol–water partition coefficient (Wildman–Crippen LogP) is 2.79. The minimum atomic E-state index is 0.382. The van der Waals surface area contributed by atoms with E-state index in [9.17, 15) is 4.79 Å². The number of carbonyl (C=O) groups is 1. The highest BCUT2D eigenvalue weighted by molar-refractivity contribution is 5.75. The zero-order chi connectivity index (χ0) is 8.55. The van der Waals surface area contributed by atoms with Gasteiger partial charge in [0.1, 0.15) is 5.78 Å². The summed E-state index contributed by atoms with van der Waals surface area (Å²) < 4.78 is 0. The summed E-state index contributed by atoms with van der Waals surface area (Å²) >= 11 is 0. The lowest BCUT2D eigenvalue weighted by Gasteiger charge is -2.44. The minimum Gasteiger partial charge on any atom is -0.300 e. The topological polar surface area (TPSA) is 17.1 Å². The average molecular weight is 166 g/mol. The van der Waals surface area contributed by atoms with Gasteiger partial charge in [0, 0.05) is 6.42 Å². The second kappa shape index (κ2) is 3.20. The predicted molar refractivity (Wildman–Crippen MR) is 48.9 cm³/mol. The summed E-state index contributed by atoms with van der Waals surface area (Å²) in [6.45, 7) is 1.72. The van der Waals surface area contributed by atoms with E-state index in [1.54, 1.807) is 6.92 Å². The molecular formula is C11H18O. The van der Waals surface area contributed by atoms with E-state index < -0.39 is 0 Å². The first-order chi connectivity index (χ1) is 5.75. The summed E-state index contributed by atoms with van der Waals surface area (Å²) in [7, 11) is 0. The fourth-order valence-corrected chi connectivity index (χ4v) is 2.66. The van der Waals surface area contributed by atoms with Gasteiger partial charge in [0.05, 0.1) is 0 Å². The summed E-state index contributed by atoms with van der Waals surface area (Å²) in [5.74, 6) is 3.19. The van der Waals surface area contributed by atoms with E-state index in [1.807, 2.05) is 0 Å². The zero-order valence-electron chi connectivity index (χ0n) is 7.88. The zero-order valence-corrected chi connectivity index (χ0v) is 7.88. The molecule has 0 bridgehead atoms. The third-order valence-electron chi connectivity index (χ3n) is 3.66. The molecule has 2 aliphatic carbocycles. The Morgan fingerprint density at radius 2 is 1.92 bits per heavy atom. The quantitative estimate of drug-likeness (QED) is 0.630. The van der Waals surface area contributed by atoms with Crippen molar-refractivity contribution in [2.75, 3.05) is 0 Å². The number of hydrogen-bond acceptors (Lipinski definition) is 1. The lowest BCUT2D eigenvalue weighted by atomic mass is 9.61. The number of hydrogen-bond donors (Lipinski definition) is 0. The standard InChI is InChI=1S/C11H18O/c1-8(12)5-9-6-11(7-9)10-3-2-4-10/h9-11H,2-7H2,1H3. The molecule has 68 valence electrons. The number of carbonyl (C=O) groups excluding carboxylic acids is 1. The van der Waals surface area contributed by atoms with Gasteiger partial charge >= 0.3 is 0 Å². The SMILES string of the molecule is CC(=O)CC1CC(C2CCC2)C1. The Morgan fingerprint density at radius 1 is 1.25 bits per heavy atom. The van der Waals surface area contributed by atoms with Gasteiger partial charge in [-0.25, -0.2) is 0 Å². The number of Topliss-reactive ketones (excluding diaryl/α,β-unsaturated/α-hetero) is 1. The molecule has 0 aromatic carbocycles. The first kappa shape index (κ1) is 8.28. The van der Waals surface area contributed by atoms with Gasteiger partial charge in [-0.05, 0) is 37.5 Å². The molecule has 1 heteroatoms. The molecule has 12 heavy (non-hydrogen) atoms. The molecule has 2 fully saturated rings. The van der Waals surface area contributed by atoms with Gasteiger partial charge in [-0.15, -0.1) is 0 Å². The van der Waals surface area contributed by atoms with Crippen LogP contribution in [0.25, 0.3) is 0 Å². The number of ketones is 1. The van der Waals surface area contributed by atoms with Crippen molar-refractivity contribution in [1.82, 2.24) is 0 Å². The largest absolute Gasteiger partial charge is 0.300 e. The molecule has 1 nitrogen and oxygen atoms in total. The lowest BCUT2D eigenvalue weighted by Crippen LogP contribution is -2.34. The molecule has 0 amide bonds. The minimum absolute atomic E-state index is 0.382. The normalized spacial score (nSPS) is 35.4. The molecule has 2 aliphatic rings. The smallest absolute Gasteiger partial charge is 0.130 e. The van der Waals surface area contributed by atoms with Gasteiger partial charge in [-0.2, -0.15) is 0 Å². The monoisotopic (exact) mass is 166 g/mol. The van der Waals surface area contributed by atoms with E-state index >= 15 is 0 Å². The summed E-state index contributed by atoms with van der Waals surface area (Å²) in [4.78, 5) is 10.8. The summed E-state index contributed by atoms with van der Waals surface area (Å²) in [5.41, 5.74) is 0. The van der Waals surface area contributed by atoms with Crippen LogP contribution in [0.1, 0.15) is 45.4 Å². The number of rotatable bonds is 3. The van der Waals surface area contributed by atoms with Gasteiger partial charge in [-0.3, -0.25) is 0 Å². The van der Waals surface area contributed by atoms with Crippen molar-refractivity contribution >= 4 is 5.78 Å². The van der Waals surface area contributed by atoms with Crippen molar-refractivity contribution in [2.24, 2.45) is 17.8 Å². The van der Waals surface area contributed by atoms with Crippen LogP contribution in [0.2, 0.25) is 0 Å². The van der Waals surface area contributed by atoms with Crippen LogP contribution < -0.4 is 0 Å². The van der Waals surface area contributed by atoms with Gasteiger partial charge in [0.2, 0.25) is 0 Å². The molecule has 0 spiro atoms. The van der Waals surface area contributed by atoms with E-state index in [0.717, 1.165) is 24.2 Å². The Morgan fingerprint density at radius 3 is 2.33 bits per heavy atom. The van der Waals surface area contributed by atoms with E-state index in [4.69, 9.17) is 0 Å². The van der Waals surface area contributed by atoms with Crippen LogP contribution >= 0.6 is 0 Å². The van der Waals surface area contributed by atoms with E-state index in [-0.39, 0.29) is 0 Å². The average Bonchev–Trinajstić information content (AvgIpc) is 1.77. The maximum atomic E-state index is 10.8. The van der Waals surface area contributed by atoms with Crippen molar-refractivity contribution in [3.63, 3.8) is 0 Å². The molecule has 0 N–H and O–H groups in total. The first-order valence-electron chi connectivity index (χ1n) is 5.25. The van der Waals surface area contributed by atoms with E-state index in [1.165, 1.54) is 32.1 Å². The van der Waals surface area contributed by atoms with Crippen molar-refractivity contribution in [2.45, 2.75) is 45.4 Å². The summed E-state index contributed by atoms with van der Waals surface area (Å²) in [6.07, 6.45) is 7.95. The highest BCUT2D eigenvalue weighted by atomic mass is 16.1. The first-order valence-corrected chi connectivity index (χ1v) is 5.25. The Bertz CT molecular complexity index is 175. The van der Waals surface area contributed by atoms with Crippen LogP contribution in [0.15, 0.2) is 0 Å². The molecule has 0 saturated heterocycles. The highest BCUT2D eigenvalue weighted by Gasteiger charge is 2.37. The Labute approximate surface area is 74.5 Å². The van der Waals surface area contributed by atoms with Crippen molar-refractivity contribution < 1.29 is 4.79 Å². The van der Waals surface area contributed by atoms with E-state index in [0.29, 0.717) is 5.78 Å². The van der Waals surface area contributed by atoms with Crippen LogP contribution in [-0.4, -0.2) is 5.78 Å². The lowest BCUT2D eigenvalue weighted by molar-refractivity contribution is -0.119. The fraction of sp³-hybridized carbons (Fsp3) is 0.909. The van der Waals surface area contributed by atoms with Crippen LogP contribution in [-0.2, 0) is 4.79 Å². The summed E-state index contributed by atoms with van der Waals surface area (Å²) in [5, 5.41) is 0. The van der Waals surface area contributed by atoms with Gasteiger partial charge in [0.15, 0.2) is 0 Å². The van der Waals surface area contributed by atoms with Gasteiger partial charge in [-0.1, -0.05) is 19.3 Å². The van der Waals surface area contributed by atoms with E-state index in [2.05, 4.69) is 0 Å². The van der Waals surface area contributed by atoms with Crippen LogP contribution in [0.3, 0.4) is 0 Å². The summed E-state index contributed by atoms with van der Waals surface area (Å²) in [6, 6.07) is 0. The second-order valence-electron chi connectivity index (χ2n) is 4.69. The molecule has 0 aliphatic heterocycles.